The second kappa shape index (κ2) is 6.61. The number of pyridine rings is 1. The van der Waals surface area contributed by atoms with Crippen LogP contribution in [0.2, 0.25) is 0 Å². The topological polar surface area (TPSA) is 95.2 Å². The highest BCUT2D eigenvalue weighted by atomic mass is 16.4. The van der Waals surface area contributed by atoms with Crippen LogP contribution in [0.3, 0.4) is 0 Å². The monoisotopic (exact) mass is 384 g/mol. The summed E-state index contributed by atoms with van der Waals surface area (Å²) < 4.78 is 1.90. The number of carboxylic acid groups (broad SMARTS) is 1. The van der Waals surface area contributed by atoms with Gasteiger partial charge in [-0.05, 0) is 43.7 Å². The lowest BCUT2D eigenvalue weighted by Gasteiger charge is -2.38. The van der Waals surface area contributed by atoms with Gasteiger partial charge in [0.25, 0.3) is 5.91 Å². The maximum absolute atomic E-state index is 12.9. The number of carbonyl (C=O) groups is 3. The second-order valence-corrected chi connectivity index (χ2v) is 8.02. The Kier molecular flexibility index (Phi) is 4.36. The van der Waals surface area contributed by atoms with Crippen molar-refractivity contribution in [1.82, 2.24) is 19.2 Å². The lowest BCUT2D eigenvalue weighted by Crippen LogP contribution is -2.44. The summed E-state index contributed by atoms with van der Waals surface area (Å²) in [5.41, 5.74) is 1.96. The van der Waals surface area contributed by atoms with Crippen LogP contribution in [0.15, 0.2) is 24.4 Å². The maximum Gasteiger partial charge on any atom is 0.326 e. The fourth-order valence-corrected chi connectivity index (χ4v) is 4.57. The molecule has 0 radical (unpaired) electrons. The average Bonchev–Trinajstić information content (AvgIpc) is 3.25. The molecule has 2 aromatic rings. The Morgan fingerprint density at radius 3 is 2.50 bits per heavy atom. The van der Waals surface area contributed by atoms with Gasteiger partial charge in [-0.25, -0.2) is 9.78 Å². The molecule has 0 bridgehead atoms. The molecule has 8 heteroatoms. The van der Waals surface area contributed by atoms with Crippen molar-refractivity contribution in [2.24, 2.45) is 5.41 Å². The van der Waals surface area contributed by atoms with Crippen LogP contribution in [0.5, 0.6) is 0 Å². The molecule has 2 aliphatic heterocycles. The normalized spacial score (nSPS) is 21.4. The summed E-state index contributed by atoms with van der Waals surface area (Å²) in [6, 6.07) is 4.99. The number of likely N-dealkylation sites (tertiary alicyclic amines) is 2. The Balaban J connectivity index is 1.48. The number of carbonyl (C=O) groups excluding carboxylic acids is 2. The summed E-state index contributed by atoms with van der Waals surface area (Å²) in [5, 5.41) is 9.46. The number of piperidine rings is 1. The molecule has 1 atom stereocenters. The van der Waals surface area contributed by atoms with Crippen molar-refractivity contribution in [2.75, 3.05) is 19.6 Å². The quantitative estimate of drug-likeness (QED) is 0.848. The van der Waals surface area contributed by atoms with E-state index in [1.807, 2.05) is 29.5 Å². The largest absolute Gasteiger partial charge is 0.480 e. The van der Waals surface area contributed by atoms with Crippen molar-refractivity contribution < 1.29 is 19.5 Å². The van der Waals surface area contributed by atoms with Crippen LogP contribution in [0, 0.1) is 12.3 Å². The van der Waals surface area contributed by atoms with Gasteiger partial charge >= 0.3 is 5.97 Å². The number of aliphatic carboxylic acids is 1. The number of amides is 2. The van der Waals surface area contributed by atoms with Crippen LogP contribution in [-0.4, -0.2) is 67.8 Å². The molecule has 0 aromatic carbocycles. The smallest absolute Gasteiger partial charge is 0.326 e. The van der Waals surface area contributed by atoms with Gasteiger partial charge in [-0.1, -0.05) is 6.07 Å². The van der Waals surface area contributed by atoms with Gasteiger partial charge in [-0.3, -0.25) is 9.59 Å². The van der Waals surface area contributed by atoms with E-state index in [1.54, 1.807) is 11.1 Å². The summed E-state index contributed by atoms with van der Waals surface area (Å²) in [5.74, 6) is -1.26. The SMILES string of the molecule is CC(=O)N1CC2(CCN(C(=O)c3cn4c(C)cccc4n3)CC2)C[C@H]1C(=O)O. The number of fused-ring (bicyclic) bond motifs is 1. The molecule has 2 aromatic heterocycles. The van der Waals surface area contributed by atoms with Gasteiger partial charge in [0.1, 0.15) is 17.4 Å². The highest BCUT2D eigenvalue weighted by molar-refractivity contribution is 5.93. The van der Waals surface area contributed by atoms with Gasteiger partial charge in [0, 0.05) is 38.4 Å². The van der Waals surface area contributed by atoms with Crippen LogP contribution >= 0.6 is 0 Å². The van der Waals surface area contributed by atoms with Crippen LogP contribution < -0.4 is 0 Å². The zero-order chi connectivity index (χ0) is 20.1. The number of aryl methyl sites for hydroxylation is 1. The second-order valence-electron chi connectivity index (χ2n) is 8.02. The first-order chi connectivity index (χ1) is 13.3. The third-order valence-corrected chi connectivity index (χ3v) is 6.22. The zero-order valence-corrected chi connectivity index (χ0v) is 16.1. The van der Waals surface area contributed by atoms with Crippen molar-refractivity contribution in [3.05, 3.63) is 35.8 Å². The predicted molar refractivity (Wildman–Crippen MR) is 101 cm³/mol. The lowest BCUT2D eigenvalue weighted by molar-refractivity contribution is -0.147. The summed E-state index contributed by atoms with van der Waals surface area (Å²) >= 11 is 0. The molecule has 2 fully saturated rings. The minimum Gasteiger partial charge on any atom is -0.480 e. The third kappa shape index (κ3) is 3.02. The first-order valence-corrected chi connectivity index (χ1v) is 9.54. The molecule has 148 valence electrons. The third-order valence-electron chi connectivity index (χ3n) is 6.22. The lowest BCUT2D eigenvalue weighted by atomic mass is 9.76. The van der Waals surface area contributed by atoms with E-state index in [0.717, 1.165) is 11.3 Å². The summed E-state index contributed by atoms with van der Waals surface area (Å²) in [4.78, 5) is 44.0. The minimum atomic E-state index is -0.953. The van der Waals surface area contributed by atoms with Gasteiger partial charge in [-0.15, -0.1) is 0 Å². The van der Waals surface area contributed by atoms with Crippen molar-refractivity contribution in [3.63, 3.8) is 0 Å². The Morgan fingerprint density at radius 1 is 1.21 bits per heavy atom. The molecular formula is C20H24N4O4. The van der Waals surface area contributed by atoms with Crippen LogP contribution in [0.25, 0.3) is 5.65 Å². The first-order valence-electron chi connectivity index (χ1n) is 9.54. The number of hydrogen-bond acceptors (Lipinski definition) is 4. The van der Waals surface area contributed by atoms with Gasteiger partial charge < -0.3 is 19.3 Å². The van der Waals surface area contributed by atoms with Crippen LogP contribution in [-0.2, 0) is 9.59 Å². The van der Waals surface area contributed by atoms with Crippen molar-refractivity contribution in [2.45, 2.75) is 39.2 Å². The van der Waals surface area contributed by atoms with Gasteiger partial charge in [-0.2, -0.15) is 0 Å². The molecule has 8 nitrogen and oxygen atoms in total. The van der Waals surface area contributed by atoms with Crippen molar-refractivity contribution in [3.8, 4) is 0 Å². The molecule has 4 heterocycles. The van der Waals surface area contributed by atoms with E-state index in [4.69, 9.17) is 0 Å². The maximum atomic E-state index is 12.9. The van der Waals surface area contributed by atoms with Gasteiger partial charge in [0.05, 0.1) is 0 Å². The Labute approximate surface area is 162 Å². The molecule has 2 aliphatic rings. The first kappa shape index (κ1) is 18.5. The zero-order valence-electron chi connectivity index (χ0n) is 16.1. The van der Waals surface area contributed by atoms with E-state index in [0.29, 0.717) is 44.6 Å². The standard InChI is InChI=1S/C20H24N4O4/c1-13-4-3-5-17-21-15(11-23(13)17)18(26)22-8-6-20(7-9-22)10-16(19(27)28)24(12-20)14(2)25/h3-5,11,16H,6-10,12H2,1-2H3,(H,27,28)/t16-/m0/s1. The van der Waals surface area contributed by atoms with Crippen molar-refractivity contribution >= 4 is 23.4 Å². The van der Waals surface area contributed by atoms with E-state index in [9.17, 15) is 19.5 Å². The highest BCUT2D eigenvalue weighted by Gasteiger charge is 2.49. The average molecular weight is 384 g/mol. The molecule has 1 spiro atoms. The van der Waals surface area contributed by atoms with E-state index < -0.39 is 12.0 Å². The fourth-order valence-electron chi connectivity index (χ4n) is 4.57. The van der Waals surface area contributed by atoms with E-state index in [2.05, 4.69) is 4.98 Å². The van der Waals surface area contributed by atoms with E-state index in [1.165, 1.54) is 11.8 Å². The van der Waals surface area contributed by atoms with Crippen LogP contribution in [0.4, 0.5) is 0 Å². The molecule has 1 N–H and O–H groups in total. The number of hydrogen-bond donors (Lipinski definition) is 1. The van der Waals surface area contributed by atoms with Gasteiger partial charge in [0.15, 0.2) is 0 Å². The molecule has 0 saturated carbocycles. The van der Waals surface area contributed by atoms with Crippen molar-refractivity contribution in [1.29, 1.82) is 0 Å². The molecule has 28 heavy (non-hydrogen) atoms. The summed E-state index contributed by atoms with van der Waals surface area (Å²) in [6.45, 7) is 4.93. The molecule has 2 saturated heterocycles. The summed E-state index contributed by atoms with van der Waals surface area (Å²) in [6.07, 6.45) is 3.61. The molecule has 2 amide bonds. The Bertz CT molecular complexity index is 934. The number of nitrogens with zero attached hydrogens (tertiary/aromatic N) is 4. The predicted octanol–water partition coefficient (Wildman–Crippen LogP) is 1.57. The molecule has 4 rings (SSSR count). The van der Waals surface area contributed by atoms with E-state index >= 15 is 0 Å². The molecular weight excluding hydrogens is 360 g/mol. The number of imidazole rings is 1. The fraction of sp³-hybridized carbons (Fsp3) is 0.500. The number of aromatic nitrogens is 2. The molecule has 0 unspecified atom stereocenters. The number of carboxylic acids is 1. The Morgan fingerprint density at radius 2 is 1.93 bits per heavy atom. The van der Waals surface area contributed by atoms with Gasteiger partial charge in [0.2, 0.25) is 5.91 Å². The molecule has 0 aliphatic carbocycles. The Hall–Kier alpha value is -2.90. The van der Waals surface area contributed by atoms with E-state index in [-0.39, 0.29) is 17.2 Å². The minimum absolute atomic E-state index is 0.103. The van der Waals surface area contributed by atoms with Crippen LogP contribution in [0.1, 0.15) is 42.4 Å². The highest BCUT2D eigenvalue weighted by Crippen LogP contribution is 2.43. The number of rotatable bonds is 2. The summed E-state index contributed by atoms with van der Waals surface area (Å²) in [7, 11) is 0.